The van der Waals surface area contributed by atoms with Crippen molar-refractivity contribution in [3.05, 3.63) is 59.2 Å². The monoisotopic (exact) mass is 518 g/mol. The van der Waals surface area contributed by atoms with Crippen molar-refractivity contribution in [3.63, 3.8) is 0 Å². The van der Waals surface area contributed by atoms with Crippen LogP contribution in [0.4, 0.5) is 0 Å². The summed E-state index contributed by atoms with van der Waals surface area (Å²) in [5.41, 5.74) is 1.75. The van der Waals surface area contributed by atoms with Crippen molar-refractivity contribution in [2.45, 2.75) is 68.2 Å². The first kappa shape index (κ1) is 24.4. The molecule has 1 amide bonds. The summed E-state index contributed by atoms with van der Waals surface area (Å²) in [6.45, 7) is 2.97. The normalized spacial score (nSPS) is 34.3. The molecular formula is C31H38N2O5. The Morgan fingerprint density at radius 2 is 1.92 bits per heavy atom. The number of methoxy groups -OCH3 is 1. The van der Waals surface area contributed by atoms with Gasteiger partial charge in [0.2, 0.25) is 0 Å². The molecule has 7 nitrogen and oxygen atoms in total. The van der Waals surface area contributed by atoms with Gasteiger partial charge in [-0.1, -0.05) is 36.4 Å². The van der Waals surface area contributed by atoms with E-state index in [1.807, 2.05) is 41.3 Å². The molecule has 2 aromatic carbocycles. The fourth-order valence-corrected chi connectivity index (χ4v) is 8.56. The Bertz CT molecular complexity index is 1230. The van der Waals surface area contributed by atoms with Gasteiger partial charge >= 0.3 is 0 Å². The lowest BCUT2D eigenvalue weighted by molar-refractivity contribution is -0.177. The lowest BCUT2D eigenvalue weighted by Crippen LogP contribution is -2.71. The Morgan fingerprint density at radius 3 is 2.66 bits per heavy atom. The molecule has 4 fully saturated rings. The number of aliphatic hydroxyl groups excluding tert-OH is 1. The van der Waals surface area contributed by atoms with Crippen molar-refractivity contribution in [1.82, 2.24) is 9.80 Å². The van der Waals surface area contributed by atoms with E-state index in [1.54, 1.807) is 7.11 Å². The van der Waals surface area contributed by atoms with E-state index in [4.69, 9.17) is 9.47 Å². The Balaban J connectivity index is 1.37. The number of amides is 1. The van der Waals surface area contributed by atoms with E-state index in [9.17, 15) is 15.0 Å². The van der Waals surface area contributed by atoms with E-state index in [2.05, 4.69) is 11.0 Å². The summed E-state index contributed by atoms with van der Waals surface area (Å²) in [6.07, 6.45) is 4.95. The van der Waals surface area contributed by atoms with Crippen LogP contribution in [0.3, 0.4) is 0 Å². The lowest BCUT2D eigenvalue weighted by atomic mass is 9.49. The van der Waals surface area contributed by atoms with Gasteiger partial charge in [-0.2, -0.15) is 0 Å². The Hall–Kier alpha value is -2.61. The summed E-state index contributed by atoms with van der Waals surface area (Å²) >= 11 is 0. The Morgan fingerprint density at radius 1 is 1.11 bits per heavy atom. The van der Waals surface area contributed by atoms with Crippen LogP contribution in [0.1, 0.15) is 48.8 Å². The molecule has 1 spiro atoms. The van der Waals surface area contributed by atoms with Crippen LogP contribution in [0.15, 0.2) is 42.5 Å². The van der Waals surface area contributed by atoms with Crippen LogP contribution in [0.2, 0.25) is 0 Å². The highest BCUT2D eigenvalue weighted by Gasteiger charge is 2.74. The average Bonchev–Trinajstić information content (AvgIpc) is 3.68. The molecule has 5 atom stereocenters. The average molecular weight is 519 g/mol. The third-order valence-corrected chi connectivity index (χ3v) is 10.3. The Kier molecular flexibility index (Phi) is 5.77. The molecule has 3 heterocycles. The number of aromatic hydroxyl groups is 1. The van der Waals surface area contributed by atoms with Crippen LogP contribution in [0.5, 0.6) is 11.5 Å². The number of piperidine rings is 1. The number of likely N-dealkylation sites (tertiary alicyclic amines) is 1. The second kappa shape index (κ2) is 8.97. The van der Waals surface area contributed by atoms with Gasteiger partial charge in [0.1, 0.15) is 6.10 Å². The number of phenolic OH excluding ortho intramolecular Hbond substituents is 1. The fourth-order valence-electron chi connectivity index (χ4n) is 8.56. The van der Waals surface area contributed by atoms with Gasteiger partial charge < -0.3 is 24.6 Å². The third-order valence-electron chi connectivity index (χ3n) is 10.3. The van der Waals surface area contributed by atoms with Crippen molar-refractivity contribution < 1.29 is 24.5 Å². The van der Waals surface area contributed by atoms with Gasteiger partial charge in [0.05, 0.1) is 12.7 Å². The van der Waals surface area contributed by atoms with Gasteiger partial charge in [-0.05, 0) is 68.2 Å². The minimum Gasteiger partial charge on any atom is -0.504 e. The molecule has 38 heavy (non-hydrogen) atoms. The second-order valence-electron chi connectivity index (χ2n) is 12.1. The highest BCUT2D eigenvalue weighted by molar-refractivity contribution is 5.83. The molecule has 202 valence electrons. The SMILES string of the molecule is COc1ccc2c(c1O)C13CCN(CC4CC4)C(C2)C12CCCN(Cc1ccccc1)C(=O)[C@@H](O2)C3CO. The zero-order valence-corrected chi connectivity index (χ0v) is 22.1. The molecule has 5 aliphatic rings. The van der Waals surface area contributed by atoms with Gasteiger partial charge in [0, 0.05) is 49.2 Å². The topological polar surface area (TPSA) is 82.5 Å². The van der Waals surface area contributed by atoms with Crippen LogP contribution in [-0.2, 0) is 27.9 Å². The van der Waals surface area contributed by atoms with E-state index in [1.165, 1.54) is 12.8 Å². The predicted molar refractivity (Wildman–Crippen MR) is 142 cm³/mol. The lowest BCUT2D eigenvalue weighted by Gasteiger charge is -2.61. The van der Waals surface area contributed by atoms with Crippen LogP contribution in [0, 0.1) is 11.8 Å². The standard InChI is InChI=1S/C31H38N2O5/c1-37-24-11-10-22-16-25-31-12-5-14-33(18-20-6-3-2-4-7-20)29(36)28(38-31)23(19-34)30(31,26(22)27(24)35)13-15-32(25)17-21-8-9-21/h2-4,6-7,10-11,21,23,25,28,34-35H,5,8-9,12-19H2,1H3/t23?,25?,28-,30?,31?/m0/s1. The quantitative estimate of drug-likeness (QED) is 0.611. The number of fused-ring (bicyclic) bond motifs is 2. The number of hydrogen-bond acceptors (Lipinski definition) is 6. The summed E-state index contributed by atoms with van der Waals surface area (Å²) in [6, 6.07) is 14.1. The van der Waals surface area contributed by atoms with Gasteiger partial charge in [0.25, 0.3) is 5.91 Å². The van der Waals surface area contributed by atoms with Crippen molar-refractivity contribution in [1.29, 1.82) is 0 Å². The number of benzene rings is 2. The van der Waals surface area contributed by atoms with E-state index in [-0.39, 0.29) is 24.3 Å². The van der Waals surface area contributed by atoms with Crippen LogP contribution >= 0.6 is 0 Å². The van der Waals surface area contributed by atoms with Gasteiger partial charge in [-0.15, -0.1) is 0 Å². The van der Waals surface area contributed by atoms with Crippen molar-refractivity contribution in [2.24, 2.45) is 11.8 Å². The molecular weight excluding hydrogens is 480 g/mol. The van der Waals surface area contributed by atoms with E-state index in [0.29, 0.717) is 18.8 Å². The first-order chi connectivity index (χ1) is 18.5. The molecule has 2 N–H and O–H groups in total. The number of hydrogen-bond donors (Lipinski definition) is 2. The zero-order chi connectivity index (χ0) is 26.1. The van der Waals surface area contributed by atoms with Crippen LogP contribution < -0.4 is 4.74 Å². The van der Waals surface area contributed by atoms with Gasteiger partial charge in [-0.25, -0.2) is 0 Å². The molecule has 1 saturated carbocycles. The second-order valence-corrected chi connectivity index (χ2v) is 12.1. The minimum atomic E-state index is -0.746. The number of rotatable bonds is 6. The highest BCUT2D eigenvalue weighted by atomic mass is 16.5. The van der Waals surface area contributed by atoms with Crippen molar-refractivity contribution >= 4 is 5.91 Å². The number of phenols is 1. The number of aliphatic hydroxyl groups is 1. The number of carbonyl (C=O) groups excluding carboxylic acids is 1. The maximum Gasteiger partial charge on any atom is 0.252 e. The fraction of sp³-hybridized carbons (Fsp3) is 0.581. The molecule has 4 bridgehead atoms. The molecule has 3 aliphatic heterocycles. The molecule has 3 saturated heterocycles. The Labute approximate surface area is 224 Å². The molecule has 0 radical (unpaired) electrons. The summed E-state index contributed by atoms with van der Waals surface area (Å²) in [5, 5.41) is 22.6. The number of carbonyl (C=O) groups is 1. The largest absolute Gasteiger partial charge is 0.504 e. The smallest absolute Gasteiger partial charge is 0.252 e. The van der Waals surface area contributed by atoms with E-state index >= 15 is 0 Å². The van der Waals surface area contributed by atoms with Crippen LogP contribution in [-0.4, -0.2) is 77.0 Å². The van der Waals surface area contributed by atoms with E-state index in [0.717, 1.165) is 61.4 Å². The van der Waals surface area contributed by atoms with Crippen LogP contribution in [0.25, 0.3) is 0 Å². The molecule has 2 aromatic rings. The first-order valence-corrected chi connectivity index (χ1v) is 14.3. The summed E-state index contributed by atoms with van der Waals surface area (Å²) < 4.78 is 12.7. The molecule has 7 rings (SSSR count). The molecule has 2 aliphatic carbocycles. The van der Waals surface area contributed by atoms with Crippen molar-refractivity contribution in [2.75, 3.05) is 33.4 Å². The van der Waals surface area contributed by atoms with E-state index < -0.39 is 23.0 Å². The summed E-state index contributed by atoms with van der Waals surface area (Å²) in [5.74, 6) is 0.858. The summed E-state index contributed by atoms with van der Waals surface area (Å²) in [7, 11) is 1.58. The molecule has 0 aromatic heterocycles. The number of nitrogens with zero attached hydrogens (tertiary/aromatic N) is 2. The maximum absolute atomic E-state index is 14.2. The van der Waals surface area contributed by atoms with Gasteiger partial charge in [-0.3, -0.25) is 9.69 Å². The molecule has 4 unspecified atom stereocenters. The predicted octanol–water partition coefficient (Wildman–Crippen LogP) is 3.25. The summed E-state index contributed by atoms with van der Waals surface area (Å²) in [4.78, 5) is 18.8. The highest BCUT2D eigenvalue weighted by Crippen LogP contribution is 2.66. The van der Waals surface area contributed by atoms with Crippen molar-refractivity contribution in [3.8, 4) is 11.5 Å². The zero-order valence-electron chi connectivity index (χ0n) is 22.1. The molecule has 7 heteroatoms. The number of ether oxygens (including phenoxy) is 2. The third kappa shape index (κ3) is 3.34. The minimum absolute atomic E-state index is 0.0425. The first-order valence-electron chi connectivity index (χ1n) is 14.3. The maximum atomic E-state index is 14.2. The van der Waals surface area contributed by atoms with Gasteiger partial charge in [0.15, 0.2) is 11.5 Å².